The first-order chi connectivity index (χ1) is 8.90. The molecule has 0 aliphatic rings. The SMILES string of the molecule is COCCOCCCNC(=O)NCC(C)(O)C(=O)O. The molecule has 1 unspecified atom stereocenters. The molecule has 0 saturated carbocycles. The second-order valence-electron chi connectivity index (χ2n) is 4.15. The molecule has 8 nitrogen and oxygen atoms in total. The van der Waals surface area contributed by atoms with E-state index in [1.165, 1.54) is 0 Å². The molecule has 0 aromatic rings. The topological polar surface area (TPSA) is 117 Å². The van der Waals surface area contributed by atoms with Crippen LogP contribution in [0.15, 0.2) is 0 Å². The van der Waals surface area contributed by atoms with E-state index in [4.69, 9.17) is 14.6 Å². The molecule has 0 aliphatic heterocycles. The van der Waals surface area contributed by atoms with Crippen molar-refractivity contribution in [2.45, 2.75) is 18.9 Å². The Labute approximate surface area is 112 Å². The first kappa shape index (κ1) is 17.6. The van der Waals surface area contributed by atoms with E-state index in [1.54, 1.807) is 7.11 Å². The highest BCUT2D eigenvalue weighted by molar-refractivity contribution is 5.79. The zero-order valence-electron chi connectivity index (χ0n) is 11.3. The Morgan fingerprint density at radius 3 is 2.47 bits per heavy atom. The first-order valence-electron chi connectivity index (χ1n) is 5.94. The number of amides is 2. The van der Waals surface area contributed by atoms with Crippen molar-refractivity contribution in [3.05, 3.63) is 0 Å². The van der Waals surface area contributed by atoms with Crippen LogP contribution >= 0.6 is 0 Å². The number of nitrogens with one attached hydrogen (secondary N) is 2. The molecule has 0 spiro atoms. The third-order valence-electron chi connectivity index (χ3n) is 2.24. The third kappa shape index (κ3) is 9.23. The van der Waals surface area contributed by atoms with E-state index < -0.39 is 17.6 Å². The molecule has 0 saturated heterocycles. The number of carbonyl (C=O) groups is 2. The van der Waals surface area contributed by atoms with Gasteiger partial charge in [0.2, 0.25) is 0 Å². The summed E-state index contributed by atoms with van der Waals surface area (Å²) in [4.78, 5) is 21.8. The lowest BCUT2D eigenvalue weighted by Gasteiger charge is -2.18. The predicted octanol–water partition coefficient (Wildman–Crippen LogP) is -0.826. The highest BCUT2D eigenvalue weighted by Crippen LogP contribution is 2.00. The largest absolute Gasteiger partial charge is 0.479 e. The number of hydrogen-bond donors (Lipinski definition) is 4. The molecule has 19 heavy (non-hydrogen) atoms. The van der Waals surface area contributed by atoms with Crippen LogP contribution in [0.1, 0.15) is 13.3 Å². The van der Waals surface area contributed by atoms with Gasteiger partial charge in [0.1, 0.15) is 0 Å². The maximum absolute atomic E-state index is 11.3. The summed E-state index contributed by atoms with van der Waals surface area (Å²) in [5.74, 6) is -1.39. The van der Waals surface area contributed by atoms with E-state index in [0.29, 0.717) is 32.8 Å². The van der Waals surface area contributed by atoms with Crippen LogP contribution in [-0.4, -0.2) is 67.8 Å². The van der Waals surface area contributed by atoms with Crippen molar-refractivity contribution in [3.63, 3.8) is 0 Å². The van der Waals surface area contributed by atoms with Crippen LogP contribution in [0.4, 0.5) is 4.79 Å². The Hall–Kier alpha value is -1.38. The maximum Gasteiger partial charge on any atom is 0.337 e. The van der Waals surface area contributed by atoms with Crippen LogP contribution in [0.25, 0.3) is 0 Å². The van der Waals surface area contributed by atoms with Crippen LogP contribution in [0.3, 0.4) is 0 Å². The highest BCUT2D eigenvalue weighted by Gasteiger charge is 2.30. The van der Waals surface area contributed by atoms with E-state index >= 15 is 0 Å². The smallest absolute Gasteiger partial charge is 0.337 e. The van der Waals surface area contributed by atoms with Gasteiger partial charge in [-0.1, -0.05) is 0 Å². The van der Waals surface area contributed by atoms with E-state index in [9.17, 15) is 14.7 Å². The molecule has 112 valence electrons. The lowest BCUT2D eigenvalue weighted by molar-refractivity contribution is -0.155. The van der Waals surface area contributed by atoms with Crippen LogP contribution in [0.2, 0.25) is 0 Å². The van der Waals surface area contributed by atoms with Crippen LogP contribution in [0, 0.1) is 0 Å². The van der Waals surface area contributed by atoms with E-state index in [0.717, 1.165) is 6.92 Å². The number of aliphatic carboxylic acids is 1. The first-order valence-corrected chi connectivity index (χ1v) is 5.94. The molecule has 0 heterocycles. The van der Waals surface area contributed by atoms with Crippen molar-refractivity contribution in [1.29, 1.82) is 0 Å². The maximum atomic E-state index is 11.3. The zero-order chi connectivity index (χ0) is 14.7. The van der Waals surface area contributed by atoms with E-state index in [2.05, 4.69) is 10.6 Å². The van der Waals surface area contributed by atoms with E-state index in [1.807, 2.05) is 0 Å². The number of aliphatic hydroxyl groups is 1. The van der Waals surface area contributed by atoms with Gasteiger partial charge >= 0.3 is 12.0 Å². The number of urea groups is 1. The molecule has 0 fully saturated rings. The van der Waals surface area contributed by atoms with Crippen molar-refractivity contribution >= 4 is 12.0 Å². The minimum atomic E-state index is -1.97. The molecule has 0 radical (unpaired) electrons. The van der Waals surface area contributed by atoms with Crippen molar-refractivity contribution in [3.8, 4) is 0 Å². The number of carboxylic acids is 1. The van der Waals surface area contributed by atoms with Crippen LogP contribution in [-0.2, 0) is 14.3 Å². The Morgan fingerprint density at radius 1 is 1.21 bits per heavy atom. The molecule has 0 rings (SSSR count). The summed E-state index contributed by atoms with van der Waals surface area (Å²) in [6.07, 6.45) is 0.631. The summed E-state index contributed by atoms with van der Waals surface area (Å²) in [7, 11) is 1.58. The number of ether oxygens (including phenoxy) is 2. The molecule has 0 aromatic heterocycles. The summed E-state index contributed by atoms with van der Waals surface area (Å²) < 4.78 is 9.98. The molecular formula is C11H22N2O6. The normalized spacial score (nSPS) is 13.6. The van der Waals surface area contributed by atoms with Crippen molar-refractivity contribution in [2.24, 2.45) is 0 Å². The van der Waals surface area contributed by atoms with Crippen LogP contribution in [0.5, 0.6) is 0 Å². The average Bonchev–Trinajstić information content (AvgIpc) is 2.35. The van der Waals surface area contributed by atoms with Gasteiger partial charge in [-0.3, -0.25) is 0 Å². The van der Waals surface area contributed by atoms with Crippen molar-refractivity contribution < 1.29 is 29.3 Å². The van der Waals surface area contributed by atoms with Gasteiger partial charge in [-0.25, -0.2) is 9.59 Å². The summed E-state index contributed by atoms with van der Waals surface area (Å²) in [6.45, 7) is 2.67. The van der Waals surface area contributed by atoms with Gasteiger partial charge in [-0.2, -0.15) is 0 Å². The molecule has 0 bridgehead atoms. The lowest BCUT2D eigenvalue weighted by atomic mass is 10.1. The number of carbonyl (C=O) groups excluding carboxylic acids is 1. The zero-order valence-corrected chi connectivity index (χ0v) is 11.3. The highest BCUT2D eigenvalue weighted by atomic mass is 16.5. The fraction of sp³-hybridized carbons (Fsp3) is 0.818. The molecule has 1 atom stereocenters. The van der Waals surface area contributed by atoms with Crippen LogP contribution < -0.4 is 10.6 Å². The summed E-state index contributed by atoms with van der Waals surface area (Å²) in [5, 5.41) is 22.8. The van der Waals surface area contributed by atoms with Crippen molar-refractivity contribution in [2.75, 3.05) is 40.0 Å². The minimum Gasteiger partial charge on any atom is -0.479 e. The number of hydrogen-bond acceptors (Lipinski definition) is 5. The Kier molecular flexibility index (Phi) is 8.84. The fourth-order valence-electron chi connectivity index (χ4n) is 1.01. The lowest BCUT2D eigenvalue weighted by Crippen LogP contribution is -2.49. The minimum absolute atomic E-state index is 0.363. The Bertz CT molecular complexity index is 282. The van der Waals surface area contributed by atoms with Gasteiger partial charge in [0.15, 0.2) is 5.60 Å². The summed E-state index contributed by atoms with van der Waals surface area (Å²) in [5.41, 5.74) is -1.97. The Balaban J connectivity index is 3.53. The molecule has 0 aliphatic carbocycles. The number of methoxy groups -OCH3 is 1. The fourth-order valence-corrected chi connectivity index (χ4v) is 1.01. The van der Waals surface area contributed by atoms with E-state index in [-0.39, 0.29) is 6.54 Å². The standard InChI is InChI=1S/C11H22N2O6/c1-11(17,9(14)15)8-13-10(16)12-4-3-5-19-7-6-18-2/h17H,3-8H2,1-2H3,(H,14,15)(H2,12,13,16). The summed E-state index contributed by atoms with van der Waals surface area (Å²) >= 11 is 0. The van der Waals surface area contributed by atoms with Gasteiger partial charge in [-0.05, 0) is 13.3 Å². The molecule has 0 aromatic carbocycles. The molecule has 2 amide bonds. The Morgan fingerprint density at radius 2 is 1.89 bits per heavy atom. The summed E-state index contributed by atoms with van der Waals surface area (Å²) in [6, 6.07) is -0.529. The predicted molar refractivity (Wildman–Crippen MR) is 67.0 cm³/mol. The second-order valence-corrected chi connectivity index (χ2v) is 4.15. The molecule has 4 N–H and O–H groups in total. The van der Waals surface area contributed by atoms with Gasteiger partial charge in [0, 0.05) is 20.3 Å². The number of rotatable bonds is 10. The van der Waals surface area contributed by atoms with Gasteiger partial charge < -0.3 is 30.3 Å². The van der Waals surface area contributed by atoms with Gasteiger partial charge in [-0.15, -0.1) is 0 Å². The van der Waals surface area contributed by atoms with Crippen molar-refractivity contribution in [1.82, 2.24) is 10.6 Å². The molecule has 8 heteroatoms. The number of carboxylic acid groups (broad SMARTS) is 1. The molecular weight excluding hydrogens is 256 g/mol. The monoisotopic (exact) mass is 278 g/mol. The quantitative estimate of drug-likeness (QED) is 0.388. The van der Waals surface area contributed by atoms with Gasteiger partial charge in [0.05, 0.1) is 19.8 Å². The second kappa shape index (κ2) is 9.54. The van der Waals surface area contributed by atoms with Gasteiger partial charge in [0.25, 0.3) is 0 Å². The third-order valence-corrected chi connectivity index (χ3v) is 2.24. The average molecular weight is 278 g/mol.